The first kappa shape index (κ1) is 11.9. The first-order chi connectivity index (χ1) is 7.44. The summed E-state index contributed by atoms with van der Waals surface area (Å²) < 4.78 is 11.4. The quantitative estimate of drug-likeness (QED) is 0.694. The van der Waals surface area contributed by atoms with E-state index in [-0.39, 0.29) is 23.6 Å². The largest absolute Gasteiger partial charge is 0.459 e. The zero-order valence-corrected chi connectivity index (χ0v) is 10.7. The number of hydrogen-bond donors (Lipinski definition) is 0. The Bertz CT molecular complexity index is 285. The molecule has 2 bridgehead atoms. The zero-order valence-electron chi connectivity index (χ0n) is 10.7. The molecule has 2 aliphatic heterocycles. The predicted octanol–water partition coefficient (Wildman–Crippen LogP) is 2.53. The van der Waals surface area contributed by atoms with Gasteiger partial charge < -0.3 is 9.47 Å². The Morgan fingerprint density at radius 1 is 1.44 bits per heavy atom. The number of ether oxygens (including phenoxy) is 2. The molecule has 2 rings (SSSR count). The van der Waals surface area contributed by atoms with Crippen molar-refractivity contribution in [3.8, 4) is 0 Å². The molecule has 16 heavy (non-hydrogen) atoms. The summed E-state index contributed by atoms with van der Waals surface area (Å²) in [5.41, 5.74) is -0.370. The molecule has 92 valence electrons. The molecule has 0 saturated carbocycles. The molecule has 0 aromatic heterocycles. The maximum Gasteiger partial charge on any atom is 0.311 e. The second-order valence-electron chi connectivity index (χ2n) is 5.85. The fourth-order valence-corrected chi connectivity index (χ4v) is 2.52. The summed E-state index contributed by atoms with van der Waals surface area (Å²) >= 11 is 0. The van der Waals surface area contributed by atoms with Crippen LogP contribution in [0, 0.1) is 11.3 Å². The average molecular weight is 226 g/mol. The molecule has 0 amide bonds. The standard InChI is InChI=1S/C13H22O3/c1-5-13(3,4)12(14)16-10-7-9-6-8(2)11(10)15-9/h8-11H,5-7H2,1-4H3. The van der Waals surface area contributed by atoms with Gasteiger partial charge in [-0.1, -0.05) is 13.8 Å². The minimum absolute atomic E-state index is 0.00734. The van der Waals surface area contributed by atoms with Crippen LogP contribution in [0.25, 0.3) is 0 Å². The minimum atomic E-state index is -0.370. The van der Waals surface area contributed by atoms with E-state index in [4.69, 9.17) is 9.47 Å². The van der Waals surface area contributed by atoms with Crippen LogP contribution in [0.1, 0.15) is 47.0 Å². The predicted molar refractivity (Wildman–Crippen MR) is 61.0 cm³/mol. The lowest BCUT2D eigenvalue weighted by molar-refractivity contribution is -0.163. The molecule has 0 N–H and O–H groups in total. The molecule has 3 nitrogen and oxygen atoms in total. The third-order valence-electron chi connectivity index (χ3n) is 4.10. The van der Waals surface area contributed by atoms with Gasteiger partial charge >= 0.3 is 5.97 Å². The summed E-state index contributed by atoms with van der Waals surface area (Å²) in [6.07, 6.45) is 3.27. The van der Waals surface area contributed by atoms with Gasteiger partial charge in [0.15, 0.2) is 0 Å². The molecule has 0 aromatic rings. The smallest absolute Gasteiger partial charge is 0.311 e. The van der Waals surface area contributed by atoms with Gasteiger partial charge in [0, 0.05) is 6.42 Å². The van der Waals surface area contributed by atoms with Crippen molar-refractivity contribution in [2.45, 2.75) is 65.3 Å². The molecule has 3 heteroatoms. The van der Waals surface area contributed by atoms with Gasteiger partial charge in [0.2, 0.25) is 0 Å². The summed E-state index contributed by atoms with van der Waals surface area (Å²) in [6, 6.07) is 0. The fourth-order valence-electron chi connectivity index (χ4n) is 2.52. The molecule has 0 aromatic carbocycles. The Morgan fingerprint density at radius 3 is 2.62 bits per heavy atom. The lowest BCUT2D eigenvalue weighted by Crippen LogP contribution is -2.37. The van der Waals surface area contributed by atoms with Gasteiger partial charge in [0.1, 0.15) is 6.10 Å². The molecule has 0 aliphatic carbocycles. The molecule has 2 saturated heterocycles. The molecule has 0 spiro atoms. The maximum atomic E-state index is 12.0. The summed E-state index contributed by atoms with van der Waals surface area (Å²) in [7, 11) is 0. The third kappa shape index (κ3) is 1.97. The van der Waals surface area contributed by atoms with Crippen LogP contribution in [0.3, 0.4) is 0 Å². The SMILES string of the molecule is CCC(C)(C)C(=O)OC1CC2CC(C)C1O2. The van der Waals surface area contributed by atoms with E-state index < -0.39 is 0 Å². The molecule has 2 fully saturated rings. The van der Waals surface area contributed by atoms with Gasteiger partial charge in [-0.05, 0) is 32.6 Å². The second-order valence-corrected chi connectivity index (χ2v) is 5.85. The van der Waals surface area contributed by atoms with Crippen molar-refractivity contribution in [2.24, 2.45) is 11.3 Å². The highest BCUT2D eigenvalue weighted by atomic mass is 16.6. The van der Waals surface area contributed by atoms with Gasteiger partial charge in [0.05, 0.1) is 17.6 Å². The number of hydrogen-bond acceptors (Lipinski definition) is 3. The molecular weight excluding hydrogens is 204 g/mol. The second kappa shape index (κ2) is 4.02. The van der Waals surface area contributed by atoms with Crippen LogP contribution in [0.5, 0.6) is 0 Å². The van der Waals surface area contributed by atoms with Crippen LogP contribution in [-0.2, 0) is 14.3 Å². The highest BCUT2D eigenvalue weighted by molar-refractivity contribution is 5.76. The van der Waals surface area contributed by atoms with E-state index in [1.807, 2.05) is 20.8 Å². The van der Waals surface area contributed by atoms with E-state index in [9.17, 15) is 4.79 Å². The van der Waals surface area contributed by atoms with E-state index in [0.29, 0.717) is 12.0 Å². The number of fused-ring (bicyclic) bond motifs is 2. The third-order valence-corrected chi connectivity index (χ3v) is 4.10. The topological polar surface area (TPSA) is 35.5 Å². The van der Waals surface area contributed by atoms with E-state index in [0.717, 1.165) is 19.3 Å². The van der Waals surface area contributed by atoms with Gasteiger partial charge in [0.25, 0.3) is 0 Å². The van der Waals surface area contributed by atoms with Gasteiger partial charge in [-0.25, -0.2) is 0 Å². The van der Waals surface area contributed by atoms with Crippen molar-refractivity contribution in [1.29, 1.82) is 0 Å². The first-order valence-electron chi connectivity index (χ1n) is 6.30. The number of esters is 1. The zero-order chi connectivity index (χ0) is 11.9. The van der Waals surface area contributed by atoms with Gasteiger partial charge in [-0.15, -0.1) is 0 Å². The molecule has 2 heterocycles. The Kier molecular flexibility index (Phi) is 2.99. The number of carbonyl (C=O) groups is 1. The van der Waals surface area contributed by atoms with Crippen molar-refractivity contribution in [3.05, 3.63) is 0 Å². The summed E-state index contributed by atoms with van der Waals surface area (Å²) in [5.74, 6) is 0.449. The van der Waals surface area contributed by atoms with E-state index in [1.165, 1.54) is 0 Å². The normalized spacial score (nSPS) is 37.8. The van der Waals surface area contributed by atoms with Crippen LogP contribution in [0.15, 0.2) is 0 Å². The average Bonchev–Trinajstić information content (AvgIpc) is 2.75. The molecule has 0 radical (unpaired) electrons. The Morgan fingerprint density at radius 2 is 2.12 bits per heavy atom. The van der Waals surface area contributed by atoms with Crippen LogP contribution in [0.4, 0.5) is 0 Å². The molecular formula is C13H22O3. The molecule has 4 atom stereocenters. The minimum Gasteiger partial charge on any atom is -0.459 e. The van der Waals surface area contributed by atoms with E-state index in [2.05, 4.69) is 6.92 Å². The van der Waals surface area contributed by atoms with E-state index >= 15 is 0 Å². The van der Waals surface area contributed by atoms with Crippen LogP contribution in [0.2, 0.25) is 0 Å². The Balaban J connectivity index is 1.94. The van der Waals surface area contributed by atoms with Crippen molar-refractivity contribution in [1.82, 2.24) is 0 Å². The van der Waals surface area contributed by atoms with Crippen molar-refractivity contribution < 1.29 is 14.3 Å². The highest BCUT2D eigenvalue weighted by Crippen LogP contribution is 2.41. The summed E-state index contributed by atoms with van der Waals surface area (Å²) in [4.78, 5) is 12.0. The van der Waals surface area contributed by atoms with E-state index in [1.54, 1.807) is 0 Å². The van der Waals surface area contributed by atoms with Gasteiger partial charge in [-0.3, -0.25) is 4.79 Å². The van der Waals surface area contributed by atoms with Crippen molar-refractivity contribution in [3.63, 3.8) is 0 Å². The molecule has 4 unspecified atom stereocenters. The van der Waals surface area contributed by atoms with Crippen molar-refractivity contribution >= 4 is 5.97 Å². The van der Waals surface area contributed by atoms with Crippen LogP contribution >= 0.6 is 0 Å². The van der Waals surface area contributed by atoms with Crippen LogP contribution < -0.4 is 0 Å². The maximum absolute atomic E-state index is 12.0. The first-order valence-corrected chi connectivity index (χ1v) is 6.30. The van der Waals surface area contributed by atoms with Crippen molar-refractivity contribution in [2.75, 3.05) is 0 Å². The molecule has 2 aliphatic rings. The fraction of sp³-hybridized carbons (Fsp3) is 0.923. The highest BCUT2D eigenvalue weighted by Gasteiger charge is 2.48. The summed E-state index contributed by atoms with van der Waals surface area (Å²) in [5, 5.41) is 0. The number of carbonyl (C=O) groups excluding carboxylic acids is 1. The van der Waals surface area contributed by atoms with Crippen LogP contribution in [-0.4, -0.2) is 24.3 Å². The summed E-state index contributed by atoms with van der Waals surface area (Å²) in [6.45, 7) is 8.07. The lowest BCUT2D eigenvalue weighted by Gasteiger charge is -2.28. The Labute approximate surface area is 97.5 Å². The van der Waals surface area contributed by atoms with Gasteiger partial charge in [-0.2, -0.15) is 0 Å². The Hall–Kier alpha value is -0.570. The monoisotopic (exact) mass is 226 g/mol. The number of rotatable bonds is 3. The lowest BCUT2D eigenvalue weighted by atomic mass is 9.87.